The maximum atomic E-state index is 11.6. The van der Waals surface area contributed by atoms with Crippen molar-refractivity contribution in [3.8, 4) is 17.0 Å². The van der Waals surface area contributed by atoms with Crippen LogP contribution in [-0.2, 0) is 11.8 Å². The summed E-state index contributed by atoms with van der Waals surface area (Å²) in [7, 11) is 1.90. The Morgan fingerprint density at radius 1 is 1.31 bits per heavy atom. The molecule has 1 saturated heterocycles. The summed E-state index contributed by atoms with van der Waals surface area (Å²) in [6, 6.07) is 12.0. The van der Waals surface area contributed by atoms with Crippen molar-refractivity contribution >= 4 is 39.3 Å². The molecule has 3 heterocycles. The van der Waals surface area contributed by atoms with Crippen molar-refractivity contribution in [3.63, 3.8) is 0 Å². The number of carbonyl (C=O) groups is 1. The van der Waals surface area contributed by atoms with Gasteiger partial charge in [-0.2, -0.15) is 5.10 Å². The maximum Gasteiger partial charge on any atom is 0.220 e. The average molecular weight is 409 g/mol. The highest BCUT2D eigenvalue weighted by Crippen LogP contribution is 2.35. The molecule has 7 heteroatoms. The Morgan fingerprint density at radius 2 is 2.17 bits per heavy atom. The van der Waals surface area contributed by atoms with Crippen LogP contribution in [0.5, 0.6) is 5.75 Å². The summed E-state index contributed by atoms with van der Waals surface area (Å²) in [6.07, 6.45) is 2.36. The van der Waals surface area contributed by atoms with Gasteiger partial charge in [-0.25, -0.2) is 0 Å². The smallest absolute Gasteiger partial charge is 0.220 e. The number of aromatic nitrogens is 3. The molecule has 0 aliphatic carbocycles. The molecule has 1 aliphatic heterocycles. The minimum atomic E-state index is -0.0928. The minimum absolute atomic E-state index is 0.0840. The first-order chi connectivity index (χ1) is 14.0. The predicted molar refractivity (Wildman–Crippen MR) is 114 cm³/mol. The maximum absolute atomic E-state index is 11.6. The standard InChI is InChI=1S/C22H21ClN4O2/c1-12(15-9-21(28)24-10-15)29-20-8-14(7-19-16(20)11-27(2)26-19)18-6-13-4-3-5-17(23)22(13)25-18/h3-8,11-12,15,25H,9-10H2,1-2H3,(H,24,28)/t12-,15-/m1/s1. The van der Waals surface area contributed by atoms with Crippen molar-refractivity contribution in [2.75, 3.05) is 6.54 Å². The molecule has 0 spiro atoms. The summed E-state index contributed by atoms with van der Waals surface area (Å²) < 4.78 is 8.13. The summed E-state index contributed by atoms with van der Waals surface area (Å²) in [5, 5.41) is 10.2. The fourth-order valence-electron chi connectivity index (χ4n) is 3.99. The van der Waals surface area contributed by atoms with Crippen molar-refractivity contribution in [2.24, 2.45) is 13.0 Å². The van der Waals surface area contributed by atoms with Crippen LogP contribution in [0.3, 0.4) is 0 Å². The Morgan fingerprint density at radius 3 is 2.93 bits per heavy atom. The molecule has 2 N–H and O–H groups in total. The van der Waals surface area contributed by atoms with Crippen molar-refractivity contribution in [1.29, 1.82) is 0 Å². The largest absolute Gasteiger partial charge is 0.490 e. The third-order valence-electron chi connectivity index (χ3n) is 5.60. The summed E-state index contributed by atoms with van der Waals surface area (Å²) >= 11 is 6.34. The first-order valence-corrected chi connectivity index (χ1v) is 10.0. The number of aryl methyl sites for hydroxylation is 1. The molecule has 2 aromatic carbocycles. The molecular formula is C22H21ClN4O2. The second-order valence-corrected chi connectivity index (χ2v) is 8.10. The molecule has 29 heavy (non-hydrogen) atoms. The second kappa shape index (κ2) is 6.81. The van der Waals surface area contributed by atoms with E-state index in [-0.39, 0.29) is 17.9 Å². The van der Waals surface area contributed by atoms with Gasteiger partial charge in [0.05, 0.1) is 21.4 Å². The Kier molecular flexibility index (Phi) is 4.24. The molecule has 0 unspecified atom stereocenters. The van der Waals surface area contributed by atoms with Crippen LogP contribution < -0.4 is 10.1 Å². The van der Waals surface area contributed by atoms with E-state index in [4.69, 9.17) is 16.3 Å². The Bertz CT molecular complexity index is 1240. The van der Waals surface area contributed by atoms with E-state index in [1.54, 1.807) is 4.68 Å². The molecular weight excluding hydrogens is 388 g/mol. The lowest BCUT2D eigenvalue weighted by molar-refractivity contribution is -0.119. The Labute approximate surface area is 172 Å². The van der Waals surface area contributed by atoms with Gasteiger partial charge in [-0.1, -0.05) is 23.7 Å². The molecule has 5 rings (SSSR count). The zero-order chi connectivity index (χ0) is 20.1. The SMILES string of the molecule is C[C@@H](Oc1cc(-c2cc3cccc(Cl)c3[nH]2)cc2nn(C)cc12)[C@H]1CNC(=O)C1. The Balaban J connectivity index is 1.57. The highest BCUT2D eigenvalue weighted by molar-refractivity contribution is 6.35. The van der Waals surface area contributed by atoms with Crippen LogP contribution in [0, 0.1) is 5.92 Å². The number of rotatable bonds is 4. The van der Waals surface area contributed by atoms with Crippen LogP contribution >= 0.6 is 11.6 Å². The van der Waals surface area contributed by atoms with E-state index in [2.05, 4.69) is 21.5 Å². The van der Waals surface area contributed by atoms with Gasteiger partial charge in [0, 0.05) is 48.8 Å². The summed E-state index contributed by atoms with van der Waals surface area (Å²) in [5.41, 5.74) is 3.70. The monoisotopic (exact) mass is 408 g/mol. The van der Waals surface area contributed by atoms with E-state index < -0.39 is 0 Å². The zero-order valence-electron chi connectivity index (χ0n) is 16.2. The number of hydrogen-bond acceptors (Lipinski definition) is 3. The van der Waals surface area contributed by atoms with Gasteiger partial charge in [0.15, 0.2) is 0 Å². The van der Waals surface area contributed by atoms with Crippen LogP contribution in [0.1, 0.15) is 13.3 Å². The lowest BCUT2D eigenvalue weighted by Gasteiger charge is -2.20. The number of halogens is 1. The number of ether oxygens (including phenoxy) is 1. The molecule has 148 valence electrons. The quantitative estimate of drug-likeness (QED) is 0.529. The number of H-pyrrole nitrogens is 1. The Hall–Kier alpha value is -2.99. The van der Waals surface area contributed by atoms with Crippen molar-refractivity contribution in [3.05, 3.63) is 47.6 Å². The zero-order valence-corrected chi connectivity index (χ0v) is 17.0. The lowest BCUT2D eigenvalue weighted by Crippen LogP contribution is -2.25. The van der Waals surface area contributed by atoms with Gasteiger partial charge in [0.2, 0.25) is 5.91 Å². The number of fused-ring (bicyclic) bond motifs is 2. The number of aromatic amines is 1. The normalized spacial score (nSPS) is 17.8. The number of nitrogens with one attached hydrogen (secondary N) is 2. The van der Waals surface area contributed by atoms with E-state index >= 15 is 0 Å². The van der Waals surface area contributed by atoms with Gasteiger partial charge in [0.25, 0.3) is 0 Å². The molecule has 0 radical (unpaired) electrons. The van der Waals surface area contributed by atoms with Gasteiger partial charge in [-0.15, -0.1) is 0 Å². The van der Waals surface area contributed by atoms with E-state index in [9.17, 15) is 4.79 Å². The van der Waals surface area contributed by atoms with E-state index in [1.165, 1.54) is 0 Å². The van der Waals surface area contributed by atoms with Gasteiger partial charge >= 0.3 is 0 Å². The summed E-state index contributed by atoms with van der Waals surface area (Å²) in [4.78, 5) is 15.0. The van der Waals surface area contributed by atoms with E-state index in [1.807, 2.05) is 50.5 Å². The molecule has 2 atom stereocenters. The fraction of sp³-hybridized carbons (Fsp3) is 0.273. The lowest BCUT2D eigenvalue weighted by atomic mass is 10.0. The summed E-state index contributed by atoms with van der Waals surface area (Å²) in [5.74, 6) is 1.01. The first kappa shape index (κ1) is 18.1. The molecule has 1 amide bonds. The highest BCUT2D eigenvalue weighted by atomic mass is 35.5. The van der Waals surface area contributed by atoms with Crippen LogP contribution in [-0.4, -0.2) is 33.3 Å². The molecule has 2 aromatic heterocycles. The molecule has 1 fully saturated rings. The van der Waals surface area contributed by atoms with Crippen molar-refractivity contribution < 1.29 is 9.53 Å². The summed E-state index contributed by atoms with van der Waals surface area (Å²) in [6.45, 7) is 2.67. The van der Waals surface area contributed by atoms with Crippen LogP contribution in [0.25, 0.3) is 33.1 Å². The second-order valence-electron chi connectivity index (χ2n) is 7.69. The third kappa shape index (κ3) is 3.23. The molecule has 1 aliphatic rings. The van der Waals surface area contributed by atoms with Gasteiger partial charge < -0.3 is 15.0 Å². The number of nitrogens with zero attached hydrogens (tertiary/aromatic N) is 2. The molecule has 0 bridgehead atoms. The number of amides is 1. The van der Waals surface area contributed by atoms with Crippen LogP contribution in [0.15, 0.2) is 42.6 Å². The first-order valence-electron chi connectivity index (χ1n) is 9.66. The topological polar surface area (TPSA) is 71.9 Å². The molecule has 4 aromatic rings. The molecule has 0 saturated carbocycles. The number of hydrogen-bond donors (Lipinski definition) is 2. The van der Waals surface area contributed by atoms with Crippen molar-refractivity contribution in [1.82, 2.24) is 20.1 Å². The molecule has 6 nitrogen and oxygen atoms in total. The van der Waals surface area contributed by atoms with Gasteiger partial charge in [-0.05, 0) is 31.2 Å². The number of benzene rings is 2. The van der Waals surface area contributed by atoms with Gasteiger partial charge in [-0.3, -0.25) is 9.48 Å². The fourth-order valence-corrected chi connectivity index (χ4v) is 4.22. The van der Waals surface area contributed by atoms with E-state index in [0.29, 0.717) is 18.0 Å². The van der Waals surface area contributed by atoms with Crippen LogP contribution in [0.2, 0.25) is 5.02 Å². The number of para-hydroxylation sites is 1. The van der Waals surface area contributed by atoms with Gasteiger partial charge in [0.1, 0.15) is 11.9 Å². The highest BCUT2D eigenvalue weighted by Gasteiger charge is 2.28. The predicted octanol–water partition coefficient (Wildman–Crippen LogP) is 4.28. The van der Waals surface area contributed by atoms with Crippen LogP contribution in [0.4, 0.5) is 0 Å². The van der Waals surface area contributed by atoms with Crippen molar-refractivity contribution in [2.45, 2.75) is 19.4 Å². The minimum Gasteiger partial charge on any atom is -0.490 e. The van der Waals surface area contributed by atoms with E-state index in [0.717, 1.165) is 38.8 Å². The third-order valence-corrected chi connectivity index (χ3v) is 5.92. The number of carbonyl (C=O) groups excluding carboxylic acids is 1. The average Bonchev–Trinajstić information content (AvgIpc) is 3.39.